The van der Waals surface area contributed by atoms with Crippen LogP contribution >= 0.6 is 23.5 Å². The standard InChI is InChI=1S/C14H26N4S2/c1-4-6-15-11(9-13-16-10-17-18(13)3)14-12(5-2)19-7-8-20-14/h10-12,14-15H,4-9H2,1-3H3. The number of thioether (sulfide) groups is 2. The summed E-state index contributed by atoms with van der Waals surface area (Å²) in [4.78, 5) is 4.41. The van der Waals surface area contributed by atoms with Crippen molar-refractivity contribution in [2.75, 3.05) is 18.1 Å². The van der Waals surface area contributed by atoms with Crippen molar-refractivity contribution >= 4 is 23.5 Å². The van der Waals surface area contributed by atoms with Gasteiger partial charge in [0.25, 0.3) is 0 Å². The Bertz CT molecular complexity index is 396. The van der Waals surface area contributed by atoms with Gasteiger partial charge in [-0.1, -0.05) is 13.8 Å². The molecule has 4 nitrogen and oxygen atoms in total. The zero-order valence-corrected chi connectivity index (χ0v) is 14.3. The Morgan fingerprint density at radius 3 is 2.85 bits per heavy atom. The number of rotatable bonds is 7. The molecule has 1 aromatic heterocycles. The lowest BCUT2D eigenvalue weighted by atomic mass is 10.0. The lowest BCUT2D eigenvalue weighted by Gasteiger charge is -2.36. The quantitative estimate of drug-likeness (QED) is 0.837. The van der Waals surface area contributed by atoms with Crippen LogP contribution in [0.1, 0.15) is 32.5 Å². The molecule has 1 saturated heterocycles. The van der Waals surface area contributed by atoms with Gasteiger partial charge in [0.15, 0.2) is 0 Å². The van der Waals surface area contributed by atoms with E-state index >= 15 is 0 Å². The predicted octanol–water partition coefficient (Wildman–Crippen LogP) is 2.35. The molecule has 0 spiro atoms. The van der Waals surface area contributed by atoms with Gasteiger partial charge in [0.2, 0.25) is 0 Å². The van der Waals surface area contributed by atoms with Crippen molar-refractivity contribution in [1.82, 2.24) is 20.1 Å². The highest BCUT2D eigenvalue weighted by Gasteiger charge is 2.32. The molecule has 0 saturated carbocycles. The maximum atomic E-state index is 4.41. The van der Waals surface area contributed by atoms with Gasteiger partial charge in [-0.2, -0.15) is 28.6 Å². The molecule has 0 aliphatic carbocycles. The van der Waals surface area contributed by atoms with Crippen LogP contribution in [0.4, 0.5) is 0 Å². The van der Waals surface area contributed by atoms with Gasteiger partial charge in [-0.05, 0) is 19.4 Å². The van der Waals surface area contributed by atoms with Gasteiger partial charge < -0.3 is 5.32 Å². The average Bonchev–Trinajstić information content (AvgIpc) is 2.88. The van der Waals surface area contributed by atoms with E-state index in [1.54, 1.807) is 6.33 Å². The van der Waals surface area contributed by atoms with E-state index in [1.807, 2.05) is 11.7 Å². The molecule has 0 amide bonds. The third-order valence-corrected chi connectivity index (χ3v) is 7.16. The van der Waals surface area contributed by atoms with Crippen LogP contribution in [0.5, 0.6) is 0 Å². The van der Waals surface area contributed by atoms with Crippen molar-refractivity contribution in [1.29, 1.82) is 0 Å². The van der Waals surface area contributed by atoms with Crippen molar-refractivity contribution in [3.05, 3.63) is 12.2 Å². The van der Waals surface area contributed by atoms with Crippen molar-refractivity contribution in [3.8, 4) is 0 Å². The van der Waals surface area contributed by atoms with E-state index in [0.29, 0.717) is 11.3 Å². The Kier molecular flexibility index (Phi) is 6.71. The van der Waals surface area contributed by atoms with Crippen LogP contribution in [-0.4, -0.2) is 49.4 Å². The Hall–Kier alpha value is -0.200. The van der Waals surface area contributed by atoms with Crippen molar-refractivity contribution in [3.63, 3.8) is 0 Å². The number of nitrogens with zero attached hydrogens (tertiary/aromatic N) is 3. The summed E-state index contributed by atoms with van der Waals surface area (Å²) < 4.78 is 1.90. The van der Waals surface area contributed by atoms with Crippen molar-refractivity contribution in [2.45, 2.75) is 49.7 Å². The van der Waals surface area contributed by atoms with Crippen LogP contribution in [0, 0.1) is 0 Å². The topological polar surface area (TPSA) is 42.7 Å². The number of aromatic nitrogens is 3. The SMILES string of the molecule is CCCNC(Cc1ncnn1C)C1SCCSC1CC. The number of nitrogens with one attached hydrogen (secondary N) is 1. The molecule has 114 valence electrons. The fourth-order valence-electron chi connectivity index (χ4n) is 2.65. The van der Waals surface area contributed by atoms with E-state index in [0.717, 1.165) is 24.0 Å². The summed E-state index contributed by atoms with van der Waals surface area (Å²) in [5, 5.41) is 9.40. The summed E-state index contributed by atoms with van der Waals surface area (Å²) in [6, 6.07) is 0.501. The second kappa shape index (κ2) is 8.29. The Morgan fingerprint density at radius 1 is 1.40 bits per heavy atom. The smallest absolute Gasteiger partial charge is 0.138 e. The maximum Gasteiger partial charge on any atom is 0.138 e. The minimum atomic E-state index is 0.501. The molecule has 1 fully saturated rings. The molecule has 0 bridgehead atoms. The van der Waals surface area contributed by atoms with Crippen LogP contribution in [0.25, 0.3) is 0 Å². The summed E-state index contributed by atoms with van der Waals surface area (Å²) in [5.41, 5.74) is 0. The normalized spacial score (nSPS) is 24.8. The lowest BCUT2D eigenvalue weighted by molar-refractivity contribution is 0.462. The summed E-state index contributed by atoms with van der Waals surface area (Å²) in [7, 11) is 1.99. The molecule has 1 aromatic rings. The highest BCUT2D eigenvalue weighted by Crippen LogP contribution is 2.35. The molecule has 0 radical (unpaired) electrons. The number of hydrogen-bond acceptors (Lipinski definition) is 5. The largest absolute Gasteiger partial charge is 0.312 e. The molecule has 20 heavy (non-hydrogen) atoms. The van der Waals surface area contributed by atoms with Gasteiger partial charge in [-0.25, -0.2) is 4.98 Å². The minimum Gasteiger partial charge on any atom is -0.312 e. The lowest BCUT2D eigenvalue weighted by Crippen LogP contribution is -2.47. The molecular formula is C14H26N4S2. The molecule has 2 rings (SSSR count). The number of aryl methyl sites for hydroxylation is 1. The molecule has 1 aliphatic heterocycles. The Morgan fingerprint density at radius 2 is 2.20 bits per heavy atom. The van der Waals surface area contributed by atoms with Gasteiger partial charge >= 0.3 is 0 Å². The zero-order valence-electron chi connectivity index (χ0n) is 12.7. The summed E-state index contributed by atoms with van der Waals surface area (Å²) in [6.45, 7) is 5.63. The van der Waals surface area contributed by atoms with Gasteiger partial charge in [-0.15, -0.1) is 0 Å². The average molecular weight is 315 g/mol. The molecule has 0 aromatic carbocycles. The second-order valence-electron chi connectivity index (χ2n) is 5.22. The van der Waals surface area contributed by atoms with E-state index in [2.05, 4.69) is 52.8 Å². The van der Waals surface area contributed by atoms with Crippen LogP contribution in [0.15, 0.2) is 6.33 Å². The first kappa shape index (κ1) is 16.2. The number of hydrogen-bond donors (Lipinski definition) is 1. The van der Waals surface area contributed by atoms with Gasteiger partial charge in [0.1, 0.15) is 12.2 Å². The van der Waals surface area contributed by atoms with E-state index in [9.17, 15) is 0 Å². The molecule has 1 aliphatic rings. The first-order valence-electron chi connectivity index (χ1n) is 7.55. The maximum absolute atomic E-state index is 4.41. The van der Waals surface area contributed by atoms with Gasteiger partial charge in [-0.3, -0.25) is 4.68 Å². The van der Waals surface area contributed by atoms with E-state index in [-0.39, 0.29) is 0 Å². The first-order valence-corrected chi connectivity index (χ1v) is 9.65. The summed E-state index contributed by atoms with van der Waals surface area (Å²) in [6.07, 6.45) is 5.07. The molecule has 3 atom stereocenters. The molecular weight excluding hydrogens is 288 g/mol. The zero-order chi connectivity index (χ0) is 14.4. The third-order valence-electron chi connectivity index (χ3n) is 3.76. The third kappa shape index (κ3) is 4.15. The molecule has 3 unspecified atom stereocenters. The first-order chi connectivity index (χ1) is 9.76. The van der Waals surface area contributed by atoms with Crippen molar-refractivity contribution in [2.24, 2.45) is 7.05 Å². The van der Waals surface area contributed by atoms with E-state index < -0.39 is 0 Å². The van der Waals surface area contributed by atoms with Gasteiger partial charge in [0.05, 0.1) is 0 Å². The fourth-order valence-corrected chi connectivity index (χ4v) is 5.91. The van der Waals surface area contributed by atoms with Crippen LogP contribution in [0.3, 0.4) is 0 Å². The monoisotopic (exact) mass is 314 g/mol. The van der Waals surface area contributed by atoms with Crippen LogP contribution in [-0.2, 0) is 13.5 Å². The summed E-state index contributed by atoms with van der Waals surface area (Å²) >= 11 is 4.29. The molecule has 2 heterocycles. The fraction of sp³-hybridized carbons (Fsp3) is 0.857. The van der Waals surface area contributed by atoms with Crippen molar-refractivity contribution < 1.29 is 0 Å². The Labute approximate surface area is 130 Å². The van der Waals surface area contributed by atoms with E-state index in [4.69, 9.17) is 0 Å². The molecule has 6 heteroatoms. The minimum absolute atomic E-state index is 0.501. The van der Waals surface area contributed by atoms with Crippen LogP contribution < -0.4 is 5.32 Å². The predicted molar refractivity (Wildman–Crippen MR) is 89.6 cm³/mol. The molecule has 1 N–H and O–H groups in total. The highest BCUT2D eigenvalue weighted by molar-refractivity contribution is 8.07. The summed E-state index contributed by atoms with van der Waals surface area (Å²) in [5.74, 6) is 3.66. The van der Waals surface area contributed by atoms with Crippen LogP contribution in [0.2, 0.25) is 0 Å². The van der Waals surface area contributed by atoms with E-state index in [1.165, 1.54) is 24.3 Å². The Balaban J connectivity index is 2.07. The second-order valence-corrected chi connectivity index (χ2v) is 7.85. The van der Waals surface area contributed by atoms with Gasteiger partial charge in [0, 0.05) is 41.5 Å². The highest BCUT2D eigenvalue weighted by atomic mass is 32.2.